The molecule has 1 fully saturated rings. The second-order valence-corrected chi connectivity index (χ2v) is 6.10. The quantitative estimate of drug-likeness (QED) is 0.918. The molecule has 2 aromatic rings. The van der Waals surface area contributed by atoms with Crippen LogP contribution in [0.25, 0.3) is 0 Å². The number of nitrogens with one attached hydrogen (secondary N) is 1. The van der Waals surface area contributed by atoms with Crippen LogP contribution in [0, 0.1) is 6.92 Å². The molecule has 1 amide bonds. The second kappa shape index (κ2) is 7.34. The number of hydrogen-bond acceptors (Lipinski definition) is 4. The monoisotopic (exact) mass is 325 g/mol. The highest BCUT2D eigenvalue weighted by atomic mass is 16.5. The highest BCUT2D eigenvalue weighted by Crippen LogP contribution is 2.28. The molecule has 1 aromatic heterocycles. The molecule has 126 valence electrons. The Hall–Kier alpha value is -2.56. The van der Waals surface area contributed by atoms with Crippen LogP contribution in [0.3, 0.4) is 0 Å². The molecule has 0 radical (unpaired) electrons. The third-order valence-corrected chi connectivity index (χ3v) is 4.33. The van der Waals surface area contributed by atoms with Crippen molar-refractivity contribution in [1.82, 2.24) is 9.88 Å². The lowest BCUT2D eigenvalue weighted by Gasteiger charge is -2.17. The zero-order chi connectivity index (χ0) is 16.9. The highest BCUT2D eigenvalue weighted by Gasteiger charge is 2.28. The van der Waals surface area contributed by atoms with Gasteiger partial charge in [0.25, 0.3) is 5.91 Å². The van der Waals surface area contributed by atoms with Gasteiger partial charge in [0.05, 0.1) is 0 Å². The summed E-state index contributed by atoms with van der Waals surface area (Å²) < 4.78 is 5.56. The van der Waals surface area contributed by atoms with Gasteiger partial charge in [0, 0.05) is 43.1 Å². The number of hydrogen-bond donors (Lipinski definition) is 1. The van der Waals surface area contributed by atoms with Crippen molar-refractivity contribution < 1.29 is 9.53 Å². The van der Waals surface area contributed by atoms with Crippen LogP contribution in [-0.4, -0.2) is 42.5 Å². The fourth-order valence-corrected chi connectivity index (χ4v) is 3.03. The van der Waals surface area contributed by atoms with Gasteiger partial charge < -0.3 is 15.0 Å². The number of aryl methyl sites for hydroxylation is 1. The Morgan fingerprint density at radius 3 is 2.88 bits per heavy atom. The number of aromatic nitrogens is 1. The summed E-state index contributed by atoms with van der Waals surface area (Å²) in [5, 5.41) is 3.16. The van der Waals surface area contributed by atoms with E-state index in [0.717, 1.165) is 35.8 Å². The molecule has 1 aliphatic heterocycles. The van der Waals surface area contributed by atoms with Crippen molar-refractivity contribution in [2.75, 3.05) is 32.1 Å². The summed E-state index contributed by atoms with van der Waals surface area (Å²) in [6.07, 6.45) is 0.941. The Morgan fingerprint density at radius 2 is 2.12 bits per heavy atom. The summed E-state index contributed by atoms with van der Waals surface area (Å²) in [6.45, 7) is 3.54. The fourth-order valence-electron chi connectivity index (χ4n) is 3.03. The van der Waals surface area contributed by atoms with Crippen LogP contribution >= 0.6 is 0 Å². The molecule has 1 aliphatic rings. The lowest BCUT2D eigenvalue weighted by molar-refractivity contribution is -0.132. The molecule has 0 saturated carbocycles. The Bertz CT molecular complexity index is 703. The lowest BCUT2D eigenvalue weighted by Crippen LogP contribution is -2.32. The molecule has 24 heavy (non-hydrogen) atoms. The minimum absolute atomic E-state index is 0.0304. The lowest BCUT2D eigenvalue weighted by atomic mass is 10.0. The number of anilines is 1. The van der Waals surface area contributed by atoms with E-state index >= 15 is 0 Å². The van der Waals surface area contributed by atoms with Gasteiger partial charge in [0.2, 0.25) is 0 Å². The zero-order valence-electron chi connectivity index (χ0n) is 14.2. The van der Waals surface area contributed by atoms with E-state index in [1.807, 2.05) is 55.3 Å². The van der Waals surface area contributed by atoms with E-state index < -0.39 is 0 Å². The van der Waals surface area contributed by atoms with Gasteiger partial charge in [-0.15, -0.1) is 0 Å². The molecule has 5 heteroatoms. The van der Waals surface area contributed by atoms with Crippen molar-refractivity contribution in [1.29, 1.82) is 0 Å². The van der Waals surface area contributed by atoms with E-state index in [1.54, 1.807) is 0 Å². The molecule has 1 saturated heterocycles. The van der Waals surface area contributed by atoms with Crippen LogP contribution in [0.5, 0.6) is 5.75 Å². The number of ether oxygens (including phenoxy) is 1. The summed E-state index contributed by atoms with van der Waals surface area (Å²) in [6, 6.07) is 13.5. The van der Waals surface area contributed by atoms with Crippen molar-refractivity contribution in [3.63, 3.8) is 0 Å². The second-order valence-electron chi connectivity index (χ2n) is 6.10. The number of pyridine rings is 1. The summed E-state index contributed by atoms with van der Waals surface area (Å²) >= 11 is 0. The van der Waals surface area contributed by atoms with Crippen LogP contribution < -0.4 is 10.1 Å². The van der Waals surface area contributed by atoms with E-state index in [1.165, 1.54) is 0 Å². The van der Waals surface area contributed by atoms with E-state index in [-0.39, 0.29) is 18.4 Å². The number of para-hydroxylation sites is 1. The smallest absolute Gasteiger partial charge is 0.260 e. The number of carbonyl (C=O) groups excluding carboxylic acids is 1. The van der Waals surface area contributed by atoms with Crippen molar-refractivity contribution >= 4 is 11.6 Å². The molecule has 1 unspecified atom stereocenters. The third-order valence-electron chi connectivity index (χ3n) is 4.33. The standard InChI is InChI=1S/C19H23N3O2/c1-14-10-16(20-2)11-18(21-14)15-8-9-22(12-15)19(23)13-24-17-6-4-3-5-7-17/h3-7,10-11,15H,8-9,12-13H2,1-2H3,(H,20,21). The molecule has 0 bridgehead atoms. The van der Waals surface area contributed by atoms with Gasteiger partial charge in [-0.3, -0.25) is 9.78 Å². The maximum atomic E-state index is 12.4. The highest BCUT2D eigenvalue weighted by molar-refractivity contribution is 5.78. The predicted octanol–water partition coefficient (Wildman–Crippen LogP) is 2.83. The third kappa shape index (κ3) is 3.85. The maximum absolute atomic E-state index is 12.4. The summed E-state index contributed by atoms with van der Waals surface area (Å²) in [5.41, 5.74) is 3.11. The molecule has 3 rings (SSSR count). The van der Waals surface area contributed by atoms with Crippen LogP contribution in [-0.2, 0) is 4.79 Å². The largest absolute Gasteiger partial charge is 0.484 e. The molecule has 1 N–H and O–H groups in total. The first kappa shape index (κ1) is 16.3. The van der Waals surface area contributed by atoms with Crippen molar-refractivity contribution in [2.24, 2.45) is 0 Å². The number of carbonyl (C=O) groups is 1. The van der Waals surface area contributed by atoms with Crippen molar-refractivity contribution in [3.8, 4) is 5.75 Å². The van der Waals surface area contributed by atoms with Crippen molar-refractivity contribution in [2.45, 2.75) is 19.3 Å². The summed E-state index contributed by atoms with van der Waals surface area (Å²) in [4.78, 5) is 18.9. The molecule has 0 spiro atoms. The predicted molar refractivity (Wildman–Crippen MR) is 94.4 cm³/mol. The SMILES string of the molecule is CNc1cc(C)nc(C2CCN(C(=O)COc3ccccc3)C2)c1. The fraction of sp³-hybridized carbons (Fsp3) is 0.368. The van der Waals surface area contributed by atoms with Gasteiger partial charge in [-0.05, 0) is 37.6 Å². The first-order valence-electron chi connectivity index (χ1n) is 8.27. The van der Waals surface area contributed by atoms with Crippen LogP contribution in [0.15, 0.2) is 42.5 Å². The summed E-state index contributed by atoms with van der Waals surface area (Å²) in [5.74, 6) is 1.04. The van der Waals surface area contributed by atoms with E-state index in [0.29, 0.717) is 6.54 Å². The topological polar surface area (TPSA) is 54.5 Å². The first-order valence-corrected chi connectivity index (χ1v) is 8.27. The number of benzene rings is 1. The Labute approximate surface area is 142 Å². The molecule has 5 nitrogen and oxygen atoms in total. The zero-order valence-corrected chi connectivity index (χ0v) is 14.2. The number of likely N-dealkylation sites (tertiary alicyclic amines) is 1. The van der Waals surface area contributed by atoms with Gasteiger partial charge in [-0.2, -0.15) is 0 Å². The van der Waals surface area contributed by atoms with Crippen molar-refractivity contribution in [3.05, 3.63) is 53.9 Å². The van der Waals surface area contributed by atoms with Gasteiger partial charge in [-0.25, -0.2) is 0 Å². The molecule has 1 aromatic carbocycles. The summed E-state index contributed by atoms with van der Waals surface area (Å²) in [7, 11) is 1.91. The normalized spacial score (nSPS) is 16.9. The van der Waals surface area contributed by atoms with E-state index in [9.17, 15) is 4.79 Å². The minimum atomic E-state index is 0.0304. The molecule has 1 atom stereocenters. The van der Waals surface area contributed by atoms with Crippen LogP contribution in [0.4, 0.5) is 5.69 Å². The molecule has 0 aliphatic carbocycles. The Kier molecular flexibility index (Phi) is 4.99. The number of nitrogens with zero attached hydrogens (tertiary/aromatic N) is 2. The van der Waals surface area contributed by atoms with Crippen LogP contribution in [0.1, 0.15) is 23.7 Å². The molecular weight excluding hydrogens is 302 g/mol. The van der Waals surface area contributed by atoms with E-state index in [4.69, 9.17) is 4.74 Å². The Morgan fingerprint density at radius 1 is 1.33 bits per heavy atom. The van der Waals surface area contributed by atoms with Gasteiger partial charge in [-0.1, -0.05) is 18.2 Å². The molecule has 2 heterocycles. The maximum Gasteiger partial charge on any atom is 0.260 e. The molecular formula is C19H23N3O2. The average Bonchev–Trinajstić information content (AvgIpc) is 3.10. The minimum Gasteiger partial charge on any atom is -0.484 e. The number of rotatable bonds is 5. The van der Waals surface area contributed by atoms with Gasteiger partial charge in [0.1, 0.15) is 5.75 Å². The van der Waals surface area contributed by atoms with Crippen LogP contribution in [0.2, 0.25) is 0 Å². The first-order chi connectivity index (χ1) is 11.7. The number of amides is 1. The average molecular weight is 325 g/mol. The van der Waals surface area contributed by atoms with E-state index in [2.05, 4.69) is 16.4 Å². The van der Waals surface area contributed by atoms with Gasteiger partial charge >= 0.3 is 0 Å². The van der Waals surface area contributed by atoms with Gasteiger partial charge in [0.15, 0.2) is 6.61 Å². The Balaban J connectivity index is 1.58.